The number of carbonyl (C=O) groups excluding carboxylic acids is 1. The highest BCUT2D eigenvalue weighted by Gasteiger charge is 2.43. The number of hydrogen-bond donors (Lipinski definition) is 1. The van der Waals surface area contributed by atoms with E-state index in [-0.39, 0.29) is 5.91 Å². The molecule has 2 aliphatic rings. The van der Waals surface area contributed by atoms with Crippen molar-refractivity contribution in [3.63, 3.8) is 0 Å². The number of carbonyl (C=O) groups is 1. The minimum atomic E-state index is -1.14. The van der Waals surface area contributed by atoms with Crippen LogP contribution in [0.25, 0.3) is 0 Å². The Labute approximate surface area is 162 Å². The number of fused-ring (bicyclic) bond motifs is 1. The Kier molecular flexibility index (Phi) is 4.58. The van der Waals surface area contributed by atoms with Crippen LogP contribution in [0.4, 0.5) is 5.69 Å². The summed E-state index contributed by atoms with van der Waals surface area (Å²) < 4.78 is 19.1. The van der Waals surface area contributed by atoms with Crippen LogP contribution in [0.1, 0.15) is 45.1 Å². The molecule has 4 nitrogen and oxygen atoms in total. The van der Waals surface area contributed by atoms with E-state index in [9.17, 15) is 9.00 Å². The third-order valence-corrected chi connectivity index (χ3v) is 7.74. The van der Waals surface area contributed by atoms with Crippen molar-refractivity contribution in [2.45, 2.75) is 49.2 Å². The lowest BCUT2D eigenvalue weighted by Crippen LogP contribution is -2.33. The van der Waals surface area contributed by atoms with Crippen molar-refractivity contribution < 1.29 is 13.7 Å². The molecule has 2 aromatic rings. The number of anilines is 1. The molecular weight excluding hydrogens is 358 g/mol. The Morgan fingerprint density at radius 2 is 1.74 bits per heavy atom. The lowest BCUT2D eigenvalue weighted by Gasteiger charge is -2.29. The van der Waals surface area contributed by atoms with Gasteiger partial charge < -0.3 is 10.1 Å². The molecule has 27 heavy (non-hydrogen) atoms. The summed E-state index contributed by atoms with van der Waals surface area (Å²) in [5, 5.41) is 2.96. The number of nitrogens with one attached hydrogen (secondary N) is 1. The molecule has 0 aromatic heterocycles. The van der Waals surface area contributed by atoms with Crippen molar-refractivity contribution in [3.8, 4) is 5.75 Å². The van der Waals surface area contributed by atoms with Crippen LogP contribution in [0.3, 0.4) is 0 Å². The van der Waals surface area contributed by atoms with E-state index in [1.54, 1.807) is 0 Å². The molecule has 1 N–H and O–H groups in total. The Morgan fingerprint density at radius 1 is 1.04 bits per heavy atom. The van der Waals surface area contributed by atoms with Gasteiger partial charge in [-0.3, -0.25) is 9.00 Å². The molecule has 0 spiro atoms. The lowest BCUT2D eigenvalue weighted by molar-refractivity contribution is -0.124. The molecular formula is C22H25NO3S. The SMILES string of the molecule is CC1(C)COc2cc(C3(S(=O)c4ccccc4)CCCC3)ccc2NC1=O. The molecule has 142 valence electrons. The fraction of sp³-hybridized carbons (Fsp3) is 0.409. The molecule has 0 bridgehead atoms. The summed E-state index contributed by atoms with van der Waals surface area (Å²) in [6.07, 6.45) is 3.93. The van der Waals surface area contributed by atoms with Gasteiger partial charge in [0, 0.05) is 4.90 Å². The van der Waals surface area contributed by atoms with Crippen LogP contribution in [0, 0.1) is 5.41 Å². The average molecular weight is 384 g/mol. The number of benzene rings is 2. The lowest BCUT2D eigenvalue weighted by atomic mass is 9.94. The Bertz CT molecular complexity index is 886. The van der Waals surface area contributed by atoms with Gasteiger partial charge in [-0.05, 0) is 56.5 Å². The molecule has 1 atom stereocenters. The summed E-state index contributed by atoms with van der Waals surface area (Å²) >= 11 is 0. The van der Waals surface area contributed by atoms with Gasteiger partial charge in [-0.25, -0.2) is 0 Å². The van der Waals surface area contributed by atoms with Gasteiger partial charge in [-0.15, -0.1) is 0 Å². The molecule has 1 aliphatic carbocycles. The van der Waals surface area contributed by atoms with Gasteiger partial charge in [0.15, 0.2) is 0 Å². The molecule has 1 saturated carbocycles. The average Bonchev–Trinajstić information content (AvgIpc) is 3.14. The minimum absolute atomic E-state index is 0.0440. The van der Waals surface area contributed by atoms with E-state index in [0.717, 1.165) is 36.1 Å². The number of rotatable bonds is 3. The third-order valence-electron chi connectivity index (χ3n) is 5.68. The van der Waals surface area contributed by atoms with Crippen LogP contribution >= 0.6 is 0 Å². The highest BCUT2D eigenvalue weighted by molar-refractivity contribution is 7.86. The highest BCUT2D eigenvalue weighted by Crippen LogP contribution is 2.48. The fourth-order valence-corrected chi connectivity index (χ4v) is 5.80. The molecule has 0 radical (unpaired) electrons. The van der Waals surface area contributed by atoms with Crippen LogP contribution in [0.15, 0.2) is 53.4 Å². The molecule has 1 amide bonds. The van der Waals surface area contributed by atoms with E-state index in [1.165, 1.54) is 0 Å². The molecule has 1 heterocycles. The predicted molar refractivity (Wildman–Crippen MR) is 107 cm³/mol. The molecule has 2 aromatic carbocycles. The van der Waals surface area contributed by atoms with Gasteiger partial charge in [0.1, 0.15) is 12.4 Å². The van der Waals surface area contributed by atoms with Gasteiger partial charge in [0.2, 0.25) is 5.91 Å². The van der Waals surface area contributed by atoms with E-state index < -0.39 is 21.0 Å². The summed E-state index contributed by atoms with van der Waals surface area (Å²) in [7, 11) is -1.14. The second kappa shape index (κ2) is 6.79. The van der Waals surface area contributed by atoms with Gasteiger partial charge in [-0.1, -0.05) is 37.1 Å². The molecule has 1 unspecified atom stereocenters. The van der Waals surface area contributed by atoms with Crippen LogP contribution in [-0.2, 0) is 20.3 Å². The second-order valence-electron chi connectivity index (χ2n) is 8.12. The first-order chi connectivity index (χ1) is 12.9. The molecule has 1 fully saturated rings. The standard InChI is InChI=1S/C22H25NO3S/c1-21(2)15-26-19-14-16(10-11-18(19)23-20(21)24)22(12-6-7-13-22)27(25)17-8-4-3-5-9-17/h3-5,8-11,14H,6-7,12-13,15H2,1-2H3,(H,23,24). The third kappa shape index (κ3) is 3.18. The zero-order chi connectivity index (χ0) is 19.1. The largest absolute Gasteiger partial charge is 0.490 e. The maximum atomic E-state index is 13.6. The molecule has 0 saturated heterocycles. The first kappa shape index (κ1) is 18.2. The van der Waals surface area contributed by atoms with Crippen molar-refractivity contribution in [3.05, 3.63) is 54.1 Å². The van der Waals surface area contributed by atoms with Crippen molar-refractivity contribution in [2.75, 3.05) is 11.9 Å². The van der Waals surface area contributed by atoms with Crippen LogP contribution < -0.4 is 10.1 Å². The van der Waals surface area contributed by atoms with Gasteiger partial charge in [0.05, 0.1) is 26.6 Å². The molecule has 5 heteroatoms. The van der Waals surface area contributed by atoms with Crippen molar-refractivity contribution >= 4 is 22.4 Å². The van der Waals surface area contributed by atoms with E-state index >= 15 is 0 Å². The summed E-state index contributed by atoms with van der Waals surface area (Å²) in [6.45, 7) is 4.07. The van der Waals surface area contributed by atoms with Crippen LogP contribution in [-0.4, -0.2) is 16.7 Å². The predicted octanol–water partition coefficient (Wildman–Crippen LogP) is 4.62. The number of amides is 1. The zero-order valence-electron chi connectivity index (χ0n) is 15.8. The maximum Gasteiger partial charge on any atom is 0.233 e. The van der Waals surface area contributed by atoms with Gasteiger partial charge in [-0.2, -0.15) is 0 Å². The van der Waals surface area contributed by atoms with E-state index in [4.69, 9.17) is 4.74 Å². The van der Waals surface area contributed by atoms with Gasteiger partial charge >= 0.3 is 0 Å². The highest BCUT2D eigenvalue weighted by atomic mass is 32.2. The van der Waals surface area contributed by atoms with Crippen LogP contribution in [0.2, 0.25) is 0 Å². The van der Waals surface area contributed by atoms with Crippen molar-refractivity contribution in [2.24, 2.45) is 5.41 Å². The summed E-state index contributed by atoms with van der Waals surface area (Å²) in [4.78, 5) is 13.2. The Balaban J connectivity index is 1.74. The first-order valence-electron chi connectivity index (χ1n) is 9.48. The normalized spacial score (nSPS) is 21.5. The zero-order valence-corrected chi connectivity index (χ0v) is 16.6. The van der Waals surface area contributed by atoms with Crippen molar-refractivity contribution in [1.82, 2.24) is 0 Å². The maximum absolute atomic E-state index is 13.6. The fourth-order valence-electron chi connectivity index (χ4n) is 3.94. The van der Waals surface area contributed by atoms with E-state index in [1.807, 2.05) is 62.4 Å². The summed E-state index contributed by atoms with van der Waals surface area (Å²) in [5.41, 5.74) is 1.14. The Morgan fingerprint density at radius 3 is 2.44 bits per heavy atom. The first-order valence-corrected chi connectivity index (χ1v) is 10.6. The van der Waals surface area contributed by atoms with E-state index in [0.29, 0.717) is 18.0 Å². The Hall–Kier alpha value is -2.14. The summed E-state index contributed by atoms with van der Waals surface area (Å²) in [6, 6.07) is 15.6. The summed E-state index contributed by atoms with van der Waals surface area (Å²) in [5.74, 6) is 0.625. The number of ether oxygens (including phenoxy) is 1. The smallest absolute Gasteiger partial charge is 0.233 e. The van der Waals surface area contributed by atoms with E-state index in [2.05, 4.69) is 5.32 Å². The van der Waals surface area contributed by atoms with Crippen molar-refractivity contribution in [1.29, 1.82) is 0 Å². The number of hydrogen-bond acceptors (Lipinski definition) is 3. The quantitative estimate of drug-likeness (QED) is 0.841. The topological polar surface area (TPSA) is 55.4 Å². The minimum Gasteiger partial charge on any atom is -0.490 e. The molecule has 1 aliphatic heterocycles. The molecule has 4 rings (SSSR count). The van der Waals surface area contributed by atoms with Crippen LogP contribution in [0.5, 0.6) is 5.75 Å². The second-order valence-corrected chi connectivity index (χ2v) is 9.91. The van der Waals surface area contributed by atoms with Gasteiger partial charge in [0.25, 0.3) is 0 Å². The monoisotopic (exact) mass is 383 g/mol.